The molecule has 1 fully saturated rings. The fraction of sp³-hybridized carbons (Fsp3) is 0.435. The summed E-state index contributed by atoms with van der Waals surface area (Å²) >= 11 is 0. The van der Waals surface area contributed by atoms with Crippen LogP contribution < -0.4 is 5.32 Å². The van der Waals surface area contributed by atoms with Crippen molar-refractivity contribution in [3.63, 3.8) is 0 Å². The van der Waals surface area contributed by atoms with Gasteiger partial charge in [0.1, 0.15) is 5.82 Å². The van der Waals surface area contributed by atoms with Gasteiger partial charge in [0.2, 0.25) is 5.91 Å². The molecule has 4 nitrogen and oxygen atoms in total. The average molecular weight is 384 g/mol. The Balaban J connectivity index is 1.52. The van der Waals surface area contributed by atoms with Crippen LogP contribution in [0.5, 0.6) is 0 Å². The van der Waals surface area contributed by atoms with Crippen LogP contribution in [0.2, 0.25) is 0 Å². The van der Waals surface area contributed by atoms with Crippen molar-refractivity contribution < 1.29 is 9.18 Å². The Labute approximate surface area is 167 Å². The standard InChI is InChI=1S/C23H30FN3O/c1-3-20-7-4-6-18(2)23(20)25-22(28)17-27-13-5-12-26(14-15-27)16-19-8-10-21(24)11-9-19/h4,6-11H,3,5,12-17H2,1-2H3,(H,25,28). The molecule has 0 radical (unpaired) electrons. The molecule has 150 valence electrons. The van der Waals surface area contributed by atoms with Gasteiger partial charge in [-0.3, -0.25) is 14.6 Å². The monoisotopic (exact) mass is 383 g/mol. The van der Waals surface area contributed by atoms with Gasteiger partial charge in [0.15, 0.2) is 0 Å². The number of aryl methyl sites for hydroxylation is 2. The average Bonchev–Trinajstić information content (AvgIpc) is 2.90. The summed E-state index contributed by atoms with van der Waals surface area (Å²) < 4.78 is 13.1. The number of para-hydroxylation sites is 1. The summed E-state index contributed by atoms with van der Waals surface area (Å²) in [6.45, 7) is 9.07. The van der Waals surface area contributed by atoms with Crippen LogP contribution in [0.15, 0.2) is 42.5 Å². The Bertz CT molecular complexity index is 791. The van der Waals surface area contributed by atoms with Crippen LogP contribution in [-0.2, 0) is 17.8 Å². The minimum absolute atomic E-state index is 0.0518. The van der Waals surface area contributed by atoms with Crippen LogP contribution in [0, 0.1) is 12.7 Å². The fourth-order valence-corrected chi connectivity index (χ4v) is 3.77. The minimum atomic E-state index is -0.198. The van der Waals surface area contributed by atoms with Crippen molar-refractivity contribution >= 4 is 11.6 Å². The summed E-state index contributed by atoms with van der Waals surface area (Å²) in [5.74, 6) is -0.146. The van der Waals surface area contributed by atoms with Crippen LogP contribution in [0.3, 0.4) is 0 Å². The van der Waals surface area contributed by atoms with E-state index < -0.39 is 0 Å². The highest BCUT2D eigenvalue weighted by Crippen LogP contribution is 2.21. The quantitative estimate of drug-likeness (QED) is 0.823. The number of benzene rings is 2. The van der Waals surface area contributed by atoms with Gasteiger partial charge < -0.3 is 5.32 Å². The van der Waals surface area contributed by atoms with Crippen molar-refractivity contribution in [2.45, 2.75) is 33.2 Å². The third-order valence-electron chi connectivity index (χ3n) is 5.37. The lowest BCUT2D eigenvalue weighted by molar-refractivity contribution is -0.117. The normalized spacial score (nSPS) is 16.0. The lowest BCUT2D eigenvalue weighted by Crippen LogP contribution is -2.36. The van der Waals surface area contributed by atoms with E-state index in [0.717, 1.165) is 62.4 Å². The van der Waals surface area contributed by atoms with Gasteiger partial charge in [-0.15, -0.1) is 0 Å². The highest BCUT2D eigenvalue weighted by Gasteiger charge is 2.18. The SMILES string of the molecule is CCc1cccc(C)c1NC(=O)CN1CCCN(Cc2ccc(F)cc2)CC1. The molecule has 1 amide bonds. The first-order chi connectivity index (χ1) is 13.5. The van der Waals surface area contributed by atoms with E-state index in [1.165, 1.54) is 17.7 Å². The summed E-state index contributed by atoms with van der Waals surface area (Å²) in [6.07, 6.45) is 1.93. The van der Waals surface area contributed by atoms with Gasteiger partial charge in [-0.05, 0) is 61.7 Å². The van der Waals surface area contributed by atoms with Gasteiger partial charge in [-0.2, -0.15) is 0 Å². The second-order valence-corrected chi connectivity index (χ2v) is 7.54. The molecule has 28 heavy (non-hydrogen) atoms. The fourth-order valence-electron chi connectivity index (χ4n) is 3.77. The largest absolute Gasteiger partial charge is 0.324 e. The van der Waals surface area contributed by atoms with Crippen LogP contribution in [0.1, 0.15) is 30.0 Å². The number of hydrogen-bond acceptors (Lipinski definition) is 3. The third kappa shape index (κ3) is 5.63. The van der Waals surface area contributed by atoms with E-state index in [9.17, 15) is 9.18 Å². The molecule has 1 aliphatic heterocycles. The van der Waals surface area contributed by atoms with Crippen molar-refractivity contribution in [2.75, 3.05) is 38.0 Å². The second kappa shape index (κ2) is 9.80. The van der Waals surface area contributed by atoms with E-state index in [1.807, 2.05) is 31.2 Å². The molecule has 0 atom stereocenters. The Hall–Kier alpha value is -2.24. The zero-order chi connectivity index (χ0) is 19.9. The van der Waals surface area contributed by atoms with E-state index in [0.29, 0.717) is 6.54 Å². The Morgan fingerprint density at radius 3 is 2.50 bits per heavy atom. The van der Waals surface area contributed by atoms with Gasteiger partial charge >= 0.3 is 0 Å². The lowest BCUT2D eigenvalue weighted by atomic mass is 10.1. The summed E-state index contributed by atoms with van der Waals surface area (Å²) in [6, 6.07) is 12.9. The molecule has 2 aromatic carbocycles. The maximum Gasteiger partial charge on any atom is 0.238 e. The number of carbonyl (C=O) groups is 1. The first kappa shape index (κ1) is 20.5. The first-order valence-corrected chi connectivity index (χ1v) is 10.1. The molecule has 0 spiro atoms. The molecule has 2 aromatic rings. The number of nitrogens with zero attached hydrogens (tertiary/aromatic N) is 2. The molecular weight excluding hydrogens is 353 g/mol. The summed E-state index contributed by atoms with van der Waals surface area (Å²) in [5.41, 5.74) is 4.37. The van der Waals surface area contributed by atoms with Gasteiger partial charge in [0.05, 0.1) is 6.54 Å². The van der Waals surface area contributed by atoms with E-state index >= 15 is 0 Å². The number of hydrogen-bond donors (Lipinski definition) is 1. The highest BCUT2D eigenvalue weighted by molar-refractivity contribution is 5.93. The first-order valence-electron chi connectivity index (χ1n) is 10.1. The predicted molar refractivity (Wildman–Crippen MR) is 112 cm³/mol. The van der Waals surface area contributed by atoms with E-state index in [4.69, 9.17) is 0 Å². The lowest BCUT2D eigenvalue weighted by Gasteiger charge is -2.22. The van der Waals surface area contributed by atoms with Crippen LogP contribution in [-0.4, -0.2) is 48.4 Å². The molecule has 1 heterocycles. The molecule has 0 aliphatic carbocycles. The smallest absolute Gasteiger partial charge is 0.238 e. The van der Waals surface area contributed by atoms with Gasteiger partial charge in [0, 0.05) is 25.3 Å². The van der Waals surface area contributed by atoms with E-state index in [-0.39, 0.29) is 11.7 Å². The van der Waals surface area contributed by atoms with E-state index in [2.05, 4.69) is 28.1 Å². The summed E-state index contributed by atoms with van der Waals surface area (Å²) in [5, 5.41) is 3.12. The molecule has 1 saturated heterocycles. The molecule has 1 N–H and O–H groups in total. The second-order valence-electron chi connectivity index (χ2n) is 7.54. The van der Waals surface area contributed by atoms with Crippen molar-refractivity contribution in [3.8, 4) is 0 Å². The Morgan fingerprint density at radius 1 is 1.04 bits per heavy atom. The zero-order valence-electron chi connectivity index (χ0n) is 16.9. The molecule has 5 heteroatoms. The number of nitrogens with one attached hydrogen (secondary N) is 1. The van der Waals surface area contributed by atoms with Crippen LogP contribution in [0.4, 0.5) is 10.1 Å². The zero-order valence-corrected chi connectivity index (χ0v) is 16.9. The highest BCUT2D eigenvalue weighted by atomic mass is 19.1. The van der Waals surface area contributed by atoms with Gasteiger partial charge in [-0.1, -0.05) is 37.3 Å². The molecular formula is C23H30FN3O. The van der Waals surface area contributed by atoms with Crippen LogP contribution in [0.25, 0.3) is 0 Å². The maximum absolute atomic E-state index is 13.1. The number of anilines is 1. The number of rotatable bonds is 6. The predicted octanol–water partition coefficient (Wildman–Crippen LogP) is 3.84. The van der Waals surface area contributed by atoms with Crippen molar-refractivity contribution in [1.29, 1.82) is 0 Å². The van der Waals surface area contributed by atoms with E-state index in [1.54, 1.807) is 0 Å². The van der Waals surface area contributed by atoms with Gasteiger partial charge in [-0.25, -0.2) is 4.39 Å². The maximum atomic E-state index is 13.1. The Morgan fingerprint density at radius 2 is 1.75 bits per heavy atom. The minimum Gasteiger partial charge on any atom is -0.324 e. The summed E-state index contributed by atoms with van der Waals surface area (Å²) in [4.78, 5) is 17.2. The summed E-state index contributed by atoms with van der Waals surface area (Å²) in [7, 11) is 0. The molecule has 0 unspecified atom stereocenters. The molecule has 0 saturated carbocycles. The Kier molecular flexibility index (Phi) is 7.18. The van der Waals surface area contributed by atoms with Crippen molar-refractivity contribution in [2.24, 2.45) is 0 Å². The molecule has 3 rings (SSSR count). The molecule has 0 bridgehead atoms. The topological polar surface area (TPSA) is 35.6 Å². The number of halogens is 1. The van der Waals surface area contributed by atoms with Crippen molar-refractivity contribution in [3.05, 3.63) is 65.0 Å². The van der Waals surface area contributed by atoms with Gasteiger partial charge in [0.25, 0.3) is 0 Å². The number of amides is 1. The molecule has 1 aliphatic rings. The van der Waals surface area contributed by atoms with Crippen molar-refractivity contribution in [1.82, 2.24) is 9.80 Å². The van der Waals surface area contributed by atoms with Crippen LogP contribution >= 0.6 is 0 Å². The number of carbonyl (C=O) groups excluding carboxylic acids is 1. The molecule has 0 aromatic heterocycles. The third-order valence-corrected chi connectivity index (χ3v) is 5.37.